The van der Waals surface area contributed by atoms with Crippen LogP contribution in [0.5, 0.6) is 17.2 Å². The lowest BCUT2D eigenvalue weighted by Gasteiger charge is -2.33. The van der Waals surface area contributed by atoms with Crippen molar-refractivity contribution in [2.75, 3.05) is 0 Å². The summed E-state index contributed by atoms with van der Waals surface area (Å²) >= 11 is 0. The van der Waals surface area contributed by atoms with Crippen LogP contribution in [0.3, 0.4) is 0 Å². The van der Waals surface area contributed by atoms with Crippen molar-refractivity contribution in [3.63, 3.8) is 0 Å². The molecular formula is C42H24BNO3. The Morgan fingerprint density at radius 1 is 0.532 bits per heavy atom. The molecule has 11 rings (SSSR count). The van der Waals surface area contributed by atoms with E-state index in [4.69, 9.17) is 38.5 Å². The van der Waals surface area contributed by atoms with Gasteiger partial charge in [0.05, 0.1) is 43.9 Å². The zero-order valence-corrected chi connectivity index (χ0v) is 23.2. The molecule has 0 atom stereocenters. The number of fused-ring (bicyclic) bond motifs is 10. The average Bonchev–Trinajstić information content (AvgIpc) is 3.92. The summed E-state index contributed by atoms with van der Waals surface area (Å²) in [6.45, 7) is -1.84. The molecule has 0 aliphatic carbocycles. The van der Waals surface area contributed by atoms with Gasteiger partial charge in [-0.3, -0.25) is 0 Å². The van der Waals surface area contributed by atoms with E-state index in [1.807, 2.05) is 0 Å². The zero-order valence-electron chi connectivity index (χ0n) is 47.2. The van der Waals surface area contributed by atoms with Crippen LogP contribution >= 0.6 is 0 Å². The number of furan rings is 1. The van der Waals surface area contributed by atoms with E-state index in [2.05, 4.69) is 0 Å². The van der Waals surface area contributed by atoms with Gasteiger partial charge in [0, 0.05) is 55.3 Å². The molecule has 0 radical (unpaired) electrons. The number of hydrogen-bond donors (Lipinski definition) is 0. The molecule has 2 aliphatic rings. The Bertz CT molecular complexity index is 4050. The molecule has 0 bridgehead atoms. The van der Waals surface area contributed by atoms with Gasteiger partial charge in [-0.1, -0.05) is 96.7 Å². The summed E-state index contributed by atoms with van der Waals surface area (Å²) in [5, 5.41) is -1.59. The van der Waals surface area contributed by atoms with E-state index in [0.717, 1.165) is 4.57 Å². The van der Waals surface area contributed by atoms with Crippen LogP contribution in [0.15, 0.2) is 149 Å². The first-order chi connectivity index (χ1) is 33.3. The summed E-state index contributed by atoms with van der Waals surface area (Å²) in [6.07, 6.45) is 0. The van der Waals surface area contributed by atoms with E-state index < -0.39 is 241 Å². The summed E-state index contributed by atoms with van der Waals surface area (Å²) in [4.78, 5) is 0. The Morgan fingerprint density at radius 2 is 1.23 bits per heavy atom. The highest BCUT2D eigenvalue weighted by atomic mass is 16.5. The number of hydrogen-bond acceptors (Lipinski definition) is 3. The molecule has 0 fully saturated rings. The molecular weight excluding hydrogens is 577 g/mol. The van der Waals surface area contributed by atoms with Gasteiger partial charge in [0.15, 0.2) is 0 Å². The highest BCUT2D eigenvalue weighted by Crippen LogP contribution is 2.44. The first-order valence-electron chi connectivity index (χ1n) is 26.0. The molecule has 0 saturated carbocycles. The van der Waals surface area contributed by atoms with E-state index in [1.54, 1.807) is 0 Å². The van der Waals surface area contributed by atoms with Crippen molar-refractivity contribution in [1.82, 2.24) is 4.57 Å². The summed E-state index contributed by atoms with van der Waals surface area (Å²) in [5.41, 5.74) is -5.71. The van der Waals surface area contributed by atoms with Crippen LogP contribution in [-0.4, -0.2) is 11.5 Å². The Balaban J connectivity index is 1.31. The summed E-state index contributed by atoms with van der Waals surface area (Å²) in [6, 6.07) is -18.9. The number of nitrogens with zero attached hydrogens (tertiary/aromatic N) is 1. The third-order valence-corrected chi connectivity index (χ3v) is 8.10. The third-order valence-electron chi connectivity index (χ3n) is 8.10. The first-order valence-corrected chi connectivity index (χ1v) is 14.0. The fourth-order valence-electron chi connectivity index (χ4n) is 6.13. The first kappa shape index (κ1) is 11.6. The normalized spacial score (nSPS) is 20.1. The molecule has 0 saturated heterocycles. The lowest BCUT2D eigenvalue weighted by Crippen LogP contribution is -2.53. The van der Waals surface area contributed by atoms with E-state index in [9.17, 15) is 8.22 Å². The van der Waals surface area contributed by atoms with Gasteiger partial charge >= 0.3 is 6.92 Å². The van der Waals surface area contributed by atoms with Crippen LogP contribution in [0.1, 0.15) is 32.9 Å². The monoisotopic (exact) mass is 625 g/mol. The molecule has 2 aliphatic heterocycles. The topological polar surface area (TPSA) is 36.5 Å². The van der Waals surface area contributed by atoms with Crippen molar-refractivity contribution in [2.45, 2.75) is 0 Å². The fraction of sp³-hybridized carbons (Fsp3) is 0. The van der Waals surface area contributed by atoms with Gasteiger partial charge in [0.1, 0.15) is 28.4 Å². The van der Waals surface area contributed by atoms with Crippen molar-refractivity contribution in [2.24, 2.45) is 0 Å². The van der Waals surface area contributed by atoms with Crippen LogP contribution in [0, 0.1) is 0 Å². The Labute approximate surface area is 303 Å². The minimum absolute atomic E-state index is 0.330. The highest BCUT2D eigenvalue weighted by Gasteiger charge is 2.41. The molecule has 9 aromatic rings. The molecule has 2 aromatic heterocycles. The second-order valence-electron chi connectivity index (χ2n) is 10.6. The van der Waals surface area contributed by atoms with Crippen LogP contribution in [0.25, 0.3) is 71.7 Å². The van der Waals surface area contributed by atoms with Crippen molar-refractivity contribution in [3.05, 3.63) is 145 Å². The Morgan fingerprint density at radius 3 is 2.09 bits per heavy atom. The third kappa shape index (κ3) is 3.43. The Kier molecular flexibility index (Phi) is 2.26. The molecule has 0 spiro atoms. The van der Waals surface area contributed by atoms with E-state index >= 15 is 0 Å². The maximum Gasteiger partial charge on any atom is 0.434 e. The van der Waals surface area contributed by atoms with Crippen LogP contribution in [0.4, 0.5) is 0 Å². The SMILES string of the molecule is [2H]c1c([2H])c([2H])c2c(c1[2H])OB1c3c([2H])c([2H])c(-n4c5c([2H])c([2H])c([2H])c([2H])c5c5c([2H])c([2H])c([2H])c([2H])c54)c([2H])c3Oc3c([2H])c(-c4c([2H])c([2H])c([2H])c5c4oc4c([2H])c([2H])c([2H])c([2H])c45)c([2H])c-2c31. The summed E-state index contributed by atoms with van der Waals surface area (Å²) in [5.74, 6) is -1.95. The number of rotatable bonds is 2. The van der Waals surface area contributed by atoms with E-state index in [1.165, 1.54) is 0 Å². The molecule has 218 valence electrons. The van der Waals surface area contributed by atoms with Crippen LogP contribution < -0.4 is 20.3 Å². The second kappa shape index (κ2) is 9.18. The number of benzene rings is 7. The molecule has 5 heteroatoms. The van der Waals surface area contributed by atoms with Crippen molar-refractivity contribution in [3.8, 4) is 45.2 Å². The standard InChI is InChI=1S/C42H24BNO3/c1-5-16-35-28(10-1)29-11-2-6-17-36(29)44(35)26-20-21-34-39(24-26)45-40-23-25(22-33-31-13-4-8-19-38(31)47-43(34)41(33)40)27-14-9-15-32-30-12-3-7-18-37(30)46-42(27)32/h1-24H/i1D,2D,3D,4D,5D,6D,7D,8D,9D,10D,11D,12D,13D,14D,15D,16D,17D,18D,19D,20D,21D,22D,23D,24D. The molecule has 0 amide bonds. The van der Waals surface area contributed by atoms with Gasteiger partial charge in [-0.2, -0.15) is 0 Å². The van der Waals surface area contributed by atoms with Crippen molar-refractivity contribution in [1.29, 1.82) is 0 Å². The van der Waals surface area contributed by atoms with Gasteiger partial charge in [-0.15, -0.1) is 0 Å². The quantitative estimate of drug-likeness (QED) is 0.180. The van der Waals surface area contributed by atoms with Crippen LogP contribution in [-0.2, 0) is 0 Å². The predicted molar refractivity (Wildman–Crippen MR) is 191 cm³/mol. The fourth-order valence-corrected chi connectivity index (χ4v) is 6.13. The zero-order chi connectivity index (χ0) is 51.5. The molecule has 47 heavy (non-hydrogen) atoms. The molecule has 0 unspecified atom stereocenters. The van der Waals surface area contributed by atoms with E-state index in [-0.39, 0.29) is 10.8 Å². The van der Waals surface area contributed by atoms with Gasteiger partial charge in [-0.25, -0.2) is 0 Å². The molecule has 4 nitrogen and oxygen atoms in total. The van der Waals surface area contributed by atoms with Gasteiger partial charge < -0.3 is 18.4 Å². The van der Waals surface area contributed by atoms with Crippen molar-refractivity contribution < 1.29 is 46.7 Å². The maximum absolute atomic E-state index is 9.84. The molecule has 0 N–H and O–H groups in total. The molecule has 7 aromatic carbocycles. The largest absolute Gasteiger partial charge is 0.551 e. The summed E-state index contributed by atoms with van der Waals surface area (Å²) < 4.78 is 234. The van der Waals surface area contributed by atoms with Crippen LogP contribution in [0.2, 0.25) is 0 Å². The highest BCUT2D eigenvalue weighted by molar-refractivity contribution is 6.84. The minimum Gasteiger partial charge on any atom is -0.551 e. The summed E-state index contributed by atoms with van der Waals surface area (Å²) in [7, 11) is 0. The lowest BCUT2D eigenvalue weighted by molar-refractivity contribution is 0.479. The van der Waals surface area contributed by atoms with Gasteiger partial charge in [-0.05, 0) is 53.4 Å². The van der Waals surface area contributed by atoms with E-state index in [0.29, 0.717) is 0 Å². The lowest BCUT2D eigenvalue weighted by atomic mass is 9.50. The van der Waals surface area contributed by atoms with Crippen molar-refractivity contribution >= 4 is 61.6 Å². The minimum atomic E-state index is -1.84. The van der Waals surface area contributed by atoms with Gasteiger partial charge in [0.25, 0.3) is 0 Å². The molecule has 4 heterocycles. The smallest absolute Gasteiger partial charge is 0.434 e. The average molecular weight is 626 g/mol. The maximum atomic E-state index is 9.84. The number of para-hydroxylation sites is 5. The second-order valence-corrected chi connectivity index (χ2v) is 10.6. The predicted octanol–water partition coefficient (Wildman–Crippen LogP) is 9.62. The van der Waals surface area contributed by atoms with Gasteiger partial charge in [0.2, 0.25) is 0 Å². The number of aromatic nitrogens is 1. The number of ether oxygens (including phenoxy) is 1. The Hall–Kier alpha value is -6.20.